The van der Waals surface area contributed by atoms with E-state index in [2.05, 4.69) is 16.0 Å². The monoisotopic (exact) mass is 486 g/mol. The second-order valence-electron chi connectivity index (χ2n) is 8.47. The highest BCUT2D eigenvalue weighted by atomic mass is 19.4. The van der Waals surface area contributed by atoms with Gasteiger partial charge in [-0.25, -0.2) is 0 Å². The van der Waals surface area contributed by atoms with Crippen LogP contribution in [0.15, 0.2) is 54.6 Å². The van der Waals surface area contributed by atoms with Crippen LogP contribution in [0.25, 0.3) is 0 Å². The molecule has 2 aliphatic rings. The summed E-state index contributed by atoms with van der Waals surface area (Å²) in [5, 5.41) is 13.3. The number of fused-ring (bicyclic) bond motifs is 1. The minimum atomic E-state index is -4.94. The summed E-state index contributed by atoms with van der Waals surface area (Å²) in [5.41, 5.74) is -1.08. The molecule has 4 atom stereocenters. The zero-order valence-corrected chi connectivity index (χ0v) is 18.3. The van der Waals surface area contributed by atoms with Crippen LogP contribution in [0.2, 0.25) is 0 Å². The first-order valence-corrected chi connectivity index (χ1v) is 10.8. The average molecular weight is 486 g/mol. The molecule has 2 saturated heterocycles. The fourth-order valence-electron chi connectivity index (χ4n) is 5.00. The van der Waals surface area contributed by atoms with Crippen molar-refractivity contribution in [3.63, 3.8) is 0 Å². The van der Waals surface area contributed by atoms with Crippen LogP contribution in [0, 0.1) is 24.2 Å². The molecule has 2 aromatic rings. The molecule has 2 N–H and O–H groups in total. The maximum atomic E-state index is 13.4. The molecular formula is C25H21F3N2O5. The topological polar surface area (TPSA) is 95.9 Å². The van der Waals surface area contributed by atoms with Crippen LogP contribution < -0.4 is 10.1 Å². The number of carbonyl (C=O) groups is 3. The number of benzene rings is 2. The Morgan fingerprint density at radius 3 is 2.49 bits per heavy atom. The van der Waals surface area contributed by atoms with Crippen LogP contribution in [0.3, 0.4) is 0 Å². The molecule has 4 rings (SSSR count). The van der Waals surface area contributed by atoms with Gasteiger partial charge in [-0.2, -0.15) is 0 Å². The summed E-state index contributed by atoms with van der Waals surface area (Å²) in [6, 6.07) is 12.5. The number of carboxylic acid groups (broad SMARTS) is 1. The van der Waals surface area contributed by atoms with Gasteiger partial charge in [0, 0.05) is 25.4 Å². The lowest BCUT2D eigenvalue weighted by Crippen LogP contribution is -2.57. The van der Waals surface area contributed by atoms with Crippen LogP contribution in [0.1, 0.15) is 23.6 Å². The molecule has 10 heteroatoms. The number of carboxylic acids is 1. The number of imide groups is 1. The molecule has 182 valence electrons. The molecule has 2 aromatic carbocycles. The molecule has 0 spiro atoms. The quantitative estimate of drug-likeness (QED) is 0.462. The first-order valence-electron chi connectivity index (χ1n) is 10.8. The third kappa shape index (κ3) is 4.47. The number of nitrogens with one attached hydrogen (secondary N) is 1. The van der Waals surface area contributed by atoms with E-state index in [0.717, 1.165) is 17.0 Å². The summed E-state index contributed by atoms with van der Waals surface area (Å²) in [7, 11) is 0. The normalized spacial score (nSPS) is 25.9. The number of terminal acetylenes is 1. The molecule has 0 radical (unpaired) electrons. The van der Waals surface area contributed by atoms with Crippen molar-refractivity contribution in [1.29, 1.82) is 0 Å². The number of carbonyl (C=O) groups excluding carboxylic acids is 2. The van der Waals surface area contributed by atoms with E-state index >= 15 is 0 Å². The number of hydrogen-bond donors (Lipinski definition) is 2. The highest BCUT2D eigenvalue weighted by Gasteiger charge is 2.68. The van der Waals surface area contributed by atoms with E-state index in [1.54, 1.807) is 30.3 Å². The Labute approximate surface area is 198 Å². The fraction of sp³-hybridized carbons (Fsp3) is 0.320. The van der Waals surface area contributed by atoms with Crippen molar-refractivity contribution in [1.82, 2.24) is 10.2 Å². The Balaban J connectivity index is 1.81. The van der Waals surface area contributed by atoms with E-state index in [9.17, 15) is 32.7 Å². The van der Waals surface area contributed by atoms with Gasteiger partial charge in [-0.05, 0) is 23.3 Å². The zero-order valence-electron chi connectivity index (χ0n) is 18.3. The van der Waals surface area contributed by atoms with Crippen molar-refractivity contribution in [3.05, 3.63) is 65.7 Å². The van der Waals surface area contributed by atoms with Crippen molar-refractivity contribution in [2.45, 2.75) is 30.8 Å². The predicted molar refractivity (Wildman–Crippen MR) is 117 cm³/mol. The first kappa shape index (κ1) is 24.3. The smallest absolute Gasteiger partial charge is 0.480 e. The van der Waals surface area contributed by atoms with E-state index in [0.29, 0.717) is 5.56 Å². The maximum Gasteiger partial charge on any atom is 0.573 e. The van der Waals surface area contributed by atoms with E-state index < -0.39 is 53.3 Å². The number of amides is 2. The molecular weight excluding hydrogens is 465 g/mol. The largest absolute Gasteiger partial charge is 0.573 e. The molecule has 35 heavy (non-hydrogen) atoms. The van der Waals surface area contributed by atoms with Crippen molar-refractivity contribution in [2.75, 3.05) is 6.54 Å². The Morgan fingerprint density at radius 1 is 1.14 bits per heavy atom. The number of rotatable bonds is 7. The summed E-state index contributed by atoms with van der Waals surface area (Å²) in [4.78, 5) is 40.4. The van der Waals surface area contributed by atoms with Crippen LogP contribution in [-0.4, -0.2) is 46.2 Å². The summed E-state index contributed by atoms with van der Waals surface area (Å²) in [6.07, 6.45) is 0.317. The predicted octanol–water partition coefficient (Wildman–Crippen LogP) is 2.92. The highest BCUT2D eigenvalue weighted by Crippen LogP contribution is 2.50. The number of halogens is 3. The van der Waals surface area contributed by atoms with Gasteiger partial charge in [-0.15, -0.1) is 25.5 Å². The van der Waals surface area contributed by atoms with Gasteiger partial charge in [-0.3, -0.25) is 24.6 Å². The number of hydrogen-bond acceptors (Lipinski definition) is 5. The molecule has 2 aliphatic heterocycles. The minimum Gasteiger partial charge on any atom is -0.480 e. The fourth-order valence-corrected chi connectivity index (χ4v) is 5.00. The molecule has 2 amide bonds. The van der Waals surface area contributed by atoms with Crippen LogP contribution in [-0.2, 0) is 20.8 Å². The van der Waals surface area contributed by atoms with Crippen LogP contribution in [0.5, 0.6) is 5.75 Å². The lowest BCUT2D eigenvalue weighted by atomic mass is 9.76. The molecule has 0 aliphatic carbocycles. The number of nitrogens with zero attached hydrogens (tertiary/aromatic N) is 1. The van der Waals surface area contributed by atoms with E-state index in [1.807, 2.05) is 0 Å². The second-order valence-corrected chi connectivity index (χ2v) is 8.47. The Morgan fingerprint density at radius 2 is 1.86 bits per heavy atom. The second kappa shape index (κ2) is 9.07. The SMILES string of the molecule is C#CCCN1C(=O)C2C(c3cccc(OC(F)(F)F)c3)NC(Cc3ccccc3)(C(=O)O)C2C1=O. The van der Waals surface area contributed by atoms with Crippen molar-refractivity contribution in [3.8, 4) is 18.1 Å². The summed E-state index contributed by atoms with van der Waals surface area (Å²) in [6.45, 7) is -0.0772. The minimum absolute atomic E-state index is 0.0772. The summed E-state index contributed by atoms with van der Waals surface area (Å²) in [5.74, 6) is -3.25. The Hall–Kier alpha value is -3.84. The van der Waals surface area contributed by atoms with Crippen LogP contribution in [0.4, 0.5) is 13.2 Å². The summed E-state index contributed by atoms with van der Waals surface area (Å²) >= 11 is 0. The lowest BCUT2D eigenvalue weighted by Gasteiger charge is -2.31. The summed E-state index contributed by atoms with van der Waals surface area (Å²) < 4.78 is 42.3. The van der Waals surface area contributed by atoms with Gasteiger partial charge in [0.2, 0.25) is 11.8 Å². The van der Waals surface area contributed by atoms with Crippen molar-refractivity contribution >= 4 is 17.8 Å². The standard InChI is InChI=1S/C25H21F3N2O5/c1-2-3-12-30-21(31)18-19(22(30)32)24(23(33)34,14-15-8-5-4-6-9-15)29-20(18)16-10-7-11-17(13-16)35-25(26,27)28/h1,4-11,13,18-20,29H,3,12,14H2,(H,33,34). The van der Waals surface area contributed by atoms with Gasteiger partial charge in [0.05, 0.1) is 11.8 Å². The zero-order chi connectivity index (χ0) is 25.4. The van der Waals surface area contributed by atoms with Crippen LogP contribution >= 0.6 is 0 Å². The molecule has 2 fully saturated rings. The van der Waals surface area contributed by atoms with E-state index in [1.165, 1.54) is 12.1 Å². The van der Waals surface area contributed by atoms with Gasteiger partial charge in [0.25, 0.3) is 0 Å². The van der Waals surface area contributed by atoms with Gasteiger partial charge in [0.1, 0.15) is 11.3 Å². The molecule has 4 unspecified atom stereocenters. The first-order chi connectivity index (χ1) is 16.6. The number of aliphatic carboxylic acids is 1. The highest BCUT2D eigenvalue weighted by molar-refractivity contribution is 6.09. The Kier molecular flexibility index (Phi) is 6.30. The Bertz CT molecular complexity index is 1190. The molecule has 0 aromatic heterocycles. The molecule has 0 bridgehead atoms. The van der Waals surface area contributed by atoms with Gasteiger partial charge >= 0.3 is 12.3 Å². The average Bonchev–Trinajstić information content (AvgIpc) is 3.26. The van der Waals surface area contributed by atoms with Crippen molar-refractivity contribution in [2.24, 2.45) is 11.8 Å². The van der Waals surface area contributed by atoms with Gasteiger partial charge in [-0.1, -0.05) is 42.5 Å². The molecule has 2 heterocycles. The third-order valence-electron chi connectivity index (χ3n) is 6.38. The van der Waals surface area contributed by atoms with E-state index in [-0.39, 0.29) is 24.9 Å². The number of ether oxygens (including phenoxy) is 1. The lowest BCUT2D eigenvalue weighted by molar-refractivity contribution is -0.274. The maximum absolute atomic E-state index is 13.4. The molecule has 0 saturated carbocycles. The number of likely N-dealkylation sites (tertiary alicyclic amines) is 1. The molecule has 7 nitrogen and oxygen atoms in total. The number of alkyl halides is 3. The van der Waals surface area contributed by atoms with E-state index in [4.69, 9.17) is 6.42 Å². The van der Waals surface area contributed by atoms with Gasteiger partial charge < -0.3 is 9.84 Å². The van der Waals surface area contributed by atoms with Gasteiger partial charge in [0.15, 0.2) is 0 Å². The third-order valence-corrected chi connectivity index (χ3v) is 6.38. The van der Waals surface area contributed by atoms with Crippen molar-refractivity contribution < 1.29 is 37.4 Å².